The first-order valence-electron chi connectivity index (χ1n) is 5.13. The van der Waals surface area contributed by atoms with Crippen LogP contribution in [0.2, 0.25) is 0 Å². The summed E-state index contributed by atoms with van der Waals surface area (Å²) >= 11 is 0. The zero-order valence-electron chi connectivity index (χ0n) is 9.22. The van der Waals surface area contributed by atoms with Crippen LogP contribution in [0.1, 0.15) is 18.6 Å². The molecule has 0 aliphatic heterocycles. The molecule has 0 aliphatic rings. The Bertz CT molecular complexity index is 261. The molecule has 0 heterocycles. The fourth-order valence-electron chi connectivity index (χ4n) is 1.51. The predicted molar refractivity (Wildman–Crippen MR) is 58.7 cm³/mol. The van der Waals surface area contributed by atoms with E-state index in [1.54, 1.807) is 7.11 Å². The zero-order chi connectivity index (χ0) is 11.1. The summed E-state index contributed by atoms with van der Waals surface area (Å²) in [5, 5.41) is 9.84. The predicted octanol–water partition coefficient (Wildman–Crippen LogP) is 1.77. The van der Waals surface area contributed by atoms with E-state index in [9.17, 15) is 5.11 Å². The summed E-state index contributed by atoms with van der Waals surface area (Å²) < 4.78 is 10.4. The van der Waals surface area contributed by atoms with E-state index < -0.39 is 6.10 Å². The first kappa shape index (κ1) is 12.2. The lowest BCUT2D eigenvalue weighted by atomic mass is 10.0. The van der Waals surface area contributed by atoms with Gasteiger partial charge in [0, 0.05) is 13.7 Å². The van der Waals surface area contributed by atoms with E-state index in [0.29, 0.717) is 6.61 Å². The van der Waals surface area contributed by atoms with E-state index in [2.05, 4.69) is 0 Å². The number of aliphatic hydroxyl groups is 1. The third kappa shape index (κ3) is 3.63. The molecule has 1 N–H and O–H groups in total. The van der Waals surface area contributed by atoms with Crippen molar-refractivity contribution in [2.75, 3.05) is 20.3 Å². The van der Waals surface area contributed by atoms with Crippen molar-refractivity contribution in [1.29, 1.82) is 0 Å². The Kier molecular flexibility index (Phi) is 5.32. The number of ether oxygens (including phenoxy) is 2. The van der Waals surface area contributed by atoms with Gasteiger partial charge in [0.15, 0.2) is 0 Å². The molecule has 0 saturated heterocycles. The van der Waals surface area contributed by atoms with Gasteiger partial charge in [0.1, 0.15) is 12.2 Å². The highest BCUT2D eigenvalue weighted by atomic mass is 16.5. The van der Waals surface area contributed by atoms with Crippen molar-refractivity contribution in [3.63, 3.8) is 0 Å². The van der Waals surface area contributed by atoms with Crippen LogP contribution < -0.4 is 0 Å². The van der Waals surface area contributed by atoms with Crippen molar-refractivity contribution in [3.05, 3.63) is 35.9 Å². The fraction of sp³-hybridized carbons (Fsp3) is 0.500. The van der Waals surface area contributed by atoms with Crippen molar-refractivity contribution >= 4 is 0 Å². The molecule has 1 aromatic rings. The van der Waals surface area contributed by atoms with E-state index in [4.69, 9.17) is 9.47 Å². The van der Waals surface area contributed by atoms with Gasteiger partial charge in [-0.2, -0.15) is 0 Å². The summed E-state index contributed by atoms with van der Waals surface area (Å²) in [7, 11) is 1.57. The van der Waals surface area contributed by atoms with E-state index in [1.165, 1.54) is 0 Å². The lowest BCUT2D eigenvalue weighted by Crippen LogP contribution is -2.25. The van der Waals surface area contributed by atoms with Crippen LogP contribution in [0.5, 0.6) is 0 Å². The molecule has 2 atom stereocenters. The minimum absolute atomic E-state index is 0.277. The molecule has 15 heavy (non-hydrogen) atoms. The third-order valence-corrected chi connectivity index (χ3v) is 2.16. The second-order valence-electron chi connectivity index (χ2n) is 3.31. The molecular weight excluding hydrogens is 192 g/mol. The molecule has 1 rings (SSSR count). The minimum Gasteiger partial charge on any atom is -0.388 e. The van der Waals surface area contributed by atoms with Crippen LogP contribution in [0.15, 0.2) is 30.3 Å². The molecule has 0 amide bonds. The van der Waals surface area contributed by atoms with Crippen LogP contribution in [-0.2, 0) is 9.47 Å². The lowest BCUT2D eigenvalue weighted by Gasteiger charge is -2.22. The Morgan fingerprint density at radius 2 is 1.93 bits per heavy atom. The zero-order valence-corrected chi connectivity index (χ0v) is 9.22. The van der Waals surface area contributed by atoms with Gasteiger partial charge in [-0.15, -0.1) is 0 Å². The van der Waals surface area contributed by atoms with Crippen LogP contribution >= 0.6 is 0 Å². The van der Waals surface area contributed by atoms with E-state index in [-0.39, 0.29) is 12.7 Å². The van der Waals surface area contributed by atoms with Gasteiger partial charge >= 0.3 is 0 Å². The summed E-state index contributed by atoms with van der Waals surface area (Å²) in [6.07, 6.45) is -0.937. The average Bonchev–Trinajstić information content (AvgIpc) is 2.27. The maximum Gasteiger partial charge on any atom is 0.111 e. The molecule has 3 heteroatoms. The second-order valence-corrected chi connectivity index (χ2v) is 3.31. The fourth-order valence-corrected chi connectivity index (χ4v) is 1.51. The highest BCUT2D eigenvalue weighted by Gasteiger charge is 2.20. The maximum absolute atomic E-state index is 9.84. The van der Waals surface area contributed by atoms with Crippen LogP contribution in [0, 0.1) is 0 Å². The summed E-state index contributed by atoms with van der Waals surface area (Å²) in [6, 6.07) is 9.69. The second kappa shape index (κ2) is 6.56. The van der Waals surface area contributed by atoms with Gasteiger partial charge in [-0.05, 0) is 12.5 Å². The molecule has 0 fully saturated rings. The van der Waals surface area contributed by atoms with Crippen LogP contribution in [-0.4, -0.2) is 31.5 Å². The molecule has 0 radical (unpaired) electrons. The van der Waals surface area contributed by atoms with Gasteiger partial charge < -0.3 is 14.6 Å². The minimum atomic E-state index is -0.627. The molecule has 0 bridgehead atoms. The van der Waals surface area contributed by atoms with E-state index in [1.807, 2.05) is 37.3 Å². The van der Waals surface area contributed by atoms with Crippen molar-refractivity contribution < 1.29 is 14.6 Å². The van der Waals surface area contributed by atoms with Gasteiger partial charge in [0.25, 0.3) is 0 Å². The van der Waals surface area contributed by atoms with E-state index >= 15 is 0 Å². The third-order valence-electron chi connectivity index (χ3n) is 2.16. The highest BCUT2D eigenvalue weighted by molar-refractivity contribution is 5.18. The normalized spacial score (nSPS) is 14.9. The Labute approximate surface area is 90.6 Å². The summed E-state index contributed by atoms with van der Waals surface area (Å²) in [5.41, 5.74) is 0.976. The summed E-state index contributed by atoms with van der Waals surface area (Å²) in [5.74, 6) is 0. The van der Waals surface area contributed by atoms with Crippen molar-refractivity contribution in [3.8, 4) is 0 Å². The summed E-state index contributed by atoms with van der Waals surface area (Å²) in [6.45, 7) is 2.76. The Morgan fingerprint density at radius 3 is 2.47 bits per heavy atom. The van der Waals surface area contributed by atoms with Crippen LogP contribution in [0.3, 0.4) is 0 Å². The largest absolute Gasteiger partial charge is 0.388 e. The molecule has 84 valence electrons. The smallest absolute Gasteiger partial charge is 0.111 e. The van der Waals surface area contributed by atoms with Crippen molar-refractivity contribution in [2.24, 2.45) is 0 Å². The molecule has 1 aromatic carbocycles. The molecular formula is C12H18O3. The first-order valence-corrected chi connectivity index (χ1v) is 5.13. The highest BCUT2D eigenvalue weighted by Crippen LogP contribution is 2.21. The van der Waals surface area contributed by atoms with Crippen molar-refractivity contribution in [1.82, 2.24) is 0 Å². The standard InChI is InChI=1S/C12H18O3/c1-3-15-12(11(13)9-14-2)10-7-5-4-6-8-10/h4-8,11-13H,3,9H2,1-2H3. The SMILES string of the molecule is CCOC(c1ccccc1)C(O)COC. The van der Waals surface area contributed by atoms with E-state index in [0.717, 1.165) is 5.56 Å². The Hall–Kier alpha value is -0.900. The average molecular weight is 210 g/mol. The van der Waals surface area contributed by atoms with Gasteiger partial charge in [-0.25, -0.2) is 0 Å². The van der Waals surface area contributed by atoms with Crippen LogP contribution in [0.4, 0.5) is 0 Å². The monoisotopic (exact) mass is 210 g/mol. The van der Waals surface area contributed by atoms with Gasteiger partial charge in [-0.1, -0.05) is 30.3 Å². The number of hydrogen-bond acceptors (Lipinski definition) is 3. The Balaban J connectivity index is 2.73. The molecule has 0 aliphatic carbocycles. The van der Waals surface area contributed by atoms with Crippen molar-refractivity contribution in [2.45, 2.75) is 19.1 Å². The molecule has 0 spiro atoms. The lowest BCUT2D eigenvalue weighted by molar-refractivity contribution is -0.0634. The van der Waals surface area contributed by atoms with Gasteiger partial charge in [0.05, 0.1) is 6.61 Å². The summed E-state index contributed by atoms with van der Waals surface area (Å²) in [4.78, 5) is 0. The number of benzene rings is 1. The topological polar surface area (TPSA) is 38.7 Å². The van der Waals surface area contributed by atoms with Gasteiger partial charge in [0.2, 0.25) is 0 Å². The van der Waals surface area contributed by atoms with Gasteiger partial charge in [-0.3, -0.25) is 0 Å². The molecule has 0 saturated carbocycles. The molecule has 2 unspecified atom stereocenters. The van der Waals surface area contributed by atoms with Crippen LogP contribution in [0.25, 0.3) is 0 Å². The molecule has 0 aromatic heterocycles. The number of hydrogen-bond donors (Lipinski definition) is 1. The quantitative estimate of drug-likeness (QED) is 0.777. The first-order chi connectivity index (χ1) is 7.29. The number of aliphatic hydroxyl groups excluding tert-OH is 1. The molecule has 3 nitrogen and oxygen atoms in total. The number of rotatable bonds is 6. The maximum atomic E-state index is 9.84. The Morgan fingerprint density at radius 1 is 1.27 bits per heavy atom. The number of methoxy groups -OCH3 is 1.